The third-order valence-electron chi connectivity index (χ3n) is 4.85. The van der Waals surface area contributed by atoms with Gasteiger partial charge in [0.05, 0.1) is 17.3 Å². The molecule has 26 heavy (non-hydrogen) atoms. The van der Waals surface area contributed by atoms with Crippen LogP contribution in [0.3, 0.4) is 0 Å². The molecule has 2 aliphatic rings. The standard InChI is InChI=1S/C18H24N2O3S3/c21-17(13-25-18(24)19-9-4-5-10-19)20(12-15-6-2-1-3-7-15)16-8-11-26(22,23)14-16/h1-3,6-7,16H,4-5,8-14H2/t16-/m0/s1. The molecule has 3 rings (SSSR count). The number of carbonyl (C=O) groups is 1. The van der Waals surface area contributed by atoms with Gasteiger partial charge < -0.3 is 9.80 Å². The van der Waals surface area contributed by atoms with Crippen LogP contribution in [0.4, 0.5) is 0 Å². The summed E-state index contributed by atoms with van der Waals surface area (Å²) in [5.41, 5.74) is 1.01. The van der Waals surface area contributed by atoms with Crippen LogP contribution in [0.2, 0.25) is 0 Å². The number of sulfone groups is 1. The summed E-state index contributed by atoms with van der Waals surface area (Å²) < 4.78 is 24.6. The molecular weight excluding hydrogens is 388 g/mol. The maximum atomic E-state index is 12.9. The number of carbonyl (C=O) groups excluding carboxylic acids is 1. The smallest absolute Gasteiger partial charge is 0.233 e. The Labute approximate surface area is 165 Å². The van der Waals surface area contributed by atoms with E-state index in [9.17, 15) is 13.2 Å². The van der Waals surface area contributed by atoms with Crippen molar-refractivity contribution in [2.45, 2.75) is 31.8 Å². The summed E-state index contributed by atoms with van der Waals surface area (Å²) in [5.74, 6) is 0.448. The van der Waals surface area contributed by atoms with Crippen LogP contribution in [-0.4, -0.2) is 64.8 Å². The minimum Gasteiger partial charge on any atom is -0.358 e. The Kier molecular flexibility index (Phi) is 6.58. The van der Waals surface area contributed by atoms with Gasteiger partial charge in [0, 0.05) is 25.7 Å². The predicted octanol–water partition coefficient (Wildman–Crippen LogP) is 2.32. The van der Waals surface area contributed by atoms with Gasteiger partial charge in [0.1, 0.15) is 4.32 Å². The highest BCUT2D eigenvalue weighted by Crippen LogP contribution is 2.22. The molecule has 2 aliphatic heterocycles. The van der Waals surface area contributed by atoms with Crippen LogP contribution >= 0.6 is 24.0 Å². The summed E-state index contributed by atoms with van der Waals surface area (Å²) in [5, 5.41) is 0. The van der Waals surface area contributed by atoms with Crippen molar-refractivity contribution in [1.82, 2.24) is 9.80 Å². The summed E-state index contributed by atoms with van der Waals surface area (Å²) >= 11 is 6.84. The number of nitrogens with zero attached hydrogens (tertiary/aromatic N) is 2. The third-order valence-corrected chi connectivity index (χ3v) is 8.11. The van der Waals surface area contributed by atoms with Crippen LogP contribution in [0.5, 0.6) is 0 Å². The topological polar surface area (TPSA) is 57.7 Å². The molecule has 2 saturated heterocycles. The predicted molar refractivity (Wildman–Crippen MR) is 110 cm³/mol. The molecule has 0 spiro atoms. The van der Waals surface area contributed by atoms with Crippen molar-refractivity contribution in [2.75, 3.05) is 30.3 Å². The van der Waals surface area contributed by atoms with Crippen LogP contribution in [0.1, 0.15) is 24.8 Å². The maximum Gasteiger partial charge on any atom is 0.233 e. The van der Waals surface area contributed by atoms with Crippen molar-refractivity contribution in [3.63, 3.8) is 0 Å². The van der Waals surface area contributed by atoms with Gasteiger partial charge in [-0.1, -0.05) is 54.3 Å². The molecular formula is C18H24N2O3S3. The number of thioether (sulfide) groups is 1. The Hall–Kier alpha value is -1.12. The van der Waals surface area contributed by atoms with Gasteiger partial charge in [-0.25, -0.2) is 8.42 Å². The van der Waals surface area contributed by atoms with E-state index in [2.05, 4.69) is 4.90 Å². The number of thiocarbonyl (C=S) groups is 1. The monoisotopic (exact) mass is 412 g/mol. The Morgan fingerprint density at radius 2 is 1.92 bits per heavy atom. The number of amides is 1. The fourth-order valence-corrected chi connectivity index (χ4v) is 6.29. The van der Waals surface area contributed by atoms with E-state index in [1.165, 1.54) is 11.8 Å². The zero-order valence-corrected chi connectivity index (χ0v) is 17.1. The first-order valence-corrected chi connectivity index (χ1v) is 12.1. The first kappa shape index (κ1) is 19.6. The highest BCUT2D eigenvalue weighted by atomic mass is 32.2. The molecule has 0 aliphatic carbocycles. The zero-order valence-electron chi connectivity index (χ0n) is 14.7. The molecule has 2 fully saturated rings. The highest BCUT2D eigenvalue weighted by molar-refractivity contribution is 8.23. The van der Waals surface area contributed by atoms with E-state index >= 15 is 0 Å². The van der Waals surface area contributed by atoms with Gasteiger partial charge in [-0.3, -0.25) is 4.79 Å². The van der Waals surface area contributed by atoms with Gasteiger partial charge in [0.15, 0.2) is 9.84 Å². The fraction of sp³-hybridized carbons (Fsp3) is 0.556. The normalized spacial score (nSPS) is 21.7. The summed E-state index contributed by atoms with van der Waals surface area (Å²) in [6.45, 7) is 2.38. The minimum atomic E-state index is -3.05. The molecule has 0 saturated carbocycles. The lowest BCUT2D eigenvalue weighted by Crippen LogP contribution is -2.42. The lowest BCUT2D eigenvalue weighted by atomic mass is 10.1. The molecule has 0 bridgehead atoms. The lowest BCUT2D eigenvalue weighted by molar-refractivity contribution is -0.130. The Morgan fingerprint density at radius 3 is 2.54 bits per heavy atom. The molecule has 1 aromatic carbocycles. The average Bonchev–Trinajstić information content (AvgIpc) is 3.28. The Morgan fingerprint density at radius 1 is 1.23 bits per heavy atom. The molecule has 1 atom stereocenters. The number of hydrogen-bond donors (Lipinski definition) is 0. The maximum absolute atomic E-state index is 12.9. The molecule has 5 nitrogen and oxygen atoms in total. The molecule has 0 unspecified atom stereocenters. The summed E-state index contributed by atoms with van der Waals surface area (Å²) in [6, 6.07) is 9.48. The summed E-state index contributed by atoms with van der Waals surface area (Å²) in [7, 11) is -3.05. The Bertz CT molecular complexity index is 746. The third kappa shape index (κ3) is 5.20. The van der Waals surface area contributed by atoms with E-state index < -0.39 is 9.84 Å². The second kappa shape index (κ2) is 8.71. The second-order valence-corrected chi connectivity index (χ2v) is 10.7. The van der Waals surface area contributed by atoms with Crippen LogP contribution in [0.15, 0.2) is 30.3 Å². The largest absolute Gasteiger partial charge is 0.358 e. The van der Waals surface area contributed by atoms with Crippen LogP contribution in [0, 0.1) is 0 Å². The van der Waals surface area contributed by atoms with E-state index in [-0.39, 0.29) is 29.2 Å². The Balaban J connectivity index is 1.65. The summed E-state index contributed by atoms with van der Waals surface area (Å²) in [6.07, 6.45) is 2.81. The van der Waals surface area contributed by atoms with Gasteiger partial charge >= 0.3 is 0 Å². The number of hydrogen-bond acceptors (Lipinski definition) is 5. The van der Waals surface area contributed by atoms with E-state index in [1.54, 1.807) is 4.90 Å². The van der Waals surface area contributed by atoms with Crippen LogP contribution < -0.4 is 0 Å². The van der Waals surface area contributed by atoms with Crippen molar-refractivity contribution in [3.05, 3.63) is 35.9 Å². The first-order chi connectivity index (χ1) is 12.4. The lowest BCUT2D eigenvalue weighted by Gasteiger charge is -2.29. The van der Waals surface area contributed by atoms with Gasteiger partial charge in [0.25, 0.3) is 0 Å². The minimum absolute atomic E-state index is 0.0394. The van der Waals surface area contributed by atoms with Crippen molar-refractivity contribution in [2.24, 2.45) is 0 Å². The molecule has 1 aromatic rings. The van der Waals surface area contributed by atoms with Crippen LogP contribution in [0.25, 0.3) is 0 Å². The SMILES string of the molecule is O=C(CSC(=S)N1CCCC1)N(Cc1ccccc1)[C@H]1CCS(=O)(=O)C1. The van der Waals surface area contributed by atoms with Crippen molar-refractivity contribution in [3.8, 4) is 0 Å². The van der Waals surface area contributed by atoms with Crippen molar-refractivity contribution < 1.29 is 13.2 Å². The molecule has 2 heterocycles. The van der Waals surface area contributed by atoms with Crippen LogP contribution in [-0.2, 0) is 21.2 Å². The molecule has 0 radical (unpaired) electrons. The first-order valence-electron chi connectivity index (χ1n) is 8.90. The fourth-order valence-electron chi connectivity index (χ4n) is 3.42. The zero-order chi connectivity index (χ0) is 18.6. The van der Waals surface area contributed by atoms with Gasteiger partial charge in [-0.05, 0) is 24.8 Å². The molecule has 142 valence electrons. The van der Waals surface area contributed by atoms with E-state index in [1.807, 2.05) is 30.3 Å². The molecule has 0 aromatic heterocycles. The number of benzene rings is 1. The van der Waals surface area contributed by atoms with E-state index in [4.69, 9.17) is 12.2 Å². The molecule has 0 N–H and O–H groups in total. The molecule has 8 heteroatoms. The second-order valence-electron chi connectivity index (χ2n) is 6.81. The van der Waals surface area contributed by atoms with E-state index in [0.29, 0.717) is 13.0 Å². The average molecular weight is 413 g/mol. The number of rotatable bonds is 5. The number of likely N-dealkylation sites (tertiary alicyclic amines) is 1. The van der Waals surface area contributed by atoms with Crippen molar-refractivity contribution >= 4 is 44.0 Å². The quantitative estimate of drug-likeness (QED) is 0.692. The van der Waals surface area contributed by atoms with Crippen molar-refractivity contribution in [1.29, 1.82) is 0 Å². The van der Waals surface area contributed by atoms with E-state index in [0.717, 1.165) is 35.8 Å². The van der Waals surface area contributed by atoms with Gasteiger partial charge in [-0.2, -0.15) is 0 Å². The highest BCUT2D eigenvalue weighted by Gasteiger charge is 2.34. The summed E-state index contributed by atoms with van der Waals surface area (Å²) in [4.78, 5) is 16.8. The van der Waals surface area contributed by atoms with Gasteiger partial charge in [-0.15, -0.1) is 0 Å². The molecule has 1 amide bonds. The van der Waals surface area contributed by atoms with Gasteiger partial charge in [0.2, 0.25) is 5.91 Å².